The Balaban J connectivity index is 2.31. The topological polar surface area (TPSA) is 21.3 Å². The van der Waals surface area contributed by atoms with E-state index < -0.39 is 0 Å². The van der Waals surface area contributed by atoms with Crippen LogP contribution in [0.3, 0.4) is 0 Å². The average Bonchev–Trinajstić information content (AvgIpc) is 2.41. The molecule has 0 aromatic rings. The Labute approximate surface area is 127 Å². The standard InChI is InChI=1S/C18H37NO/c1-5-6-7-8-12-15-20-18(13-10-9-11-14-18)16-19-17(2,3)4/h19H,5-16H2,1-4H3. The predicted molar refractivity (Wildman–Crippen MR) is 88.3 cm³/mol. The first-order valence-electron chi connectivity index (χ1n) is 8.86. The van der Waals surface area contributed by atoms with Crippen LogP contribution in [0.15, 0.2) is 0 Å². The van der Waals surface area contributed by atoms with Gasteiger partial charge in [0.2, 0.25) is 0 Å². The van der Waals surface area contributed by atoms with Gasteiger partial charge in [-0.2, -0.15) is 0 Å². The minimum atomic E-state index is 0.121. The van der Waals surface area contributed by atoms with Gasteiger partial charge in [-0.15, -0.1) is 0 Å². The van der Waals surface area contributed by atoms with E-state index in [0.717, 1.165) is 13.2 Å². The fourth-order valence-electron chi connectivity index (χ4n) is 2.99. The highest BCUT2D eigenvalue weighted by atomic mass is 16.5. The lowest BCUT2D eigenvalue weighted by Gasteiger charge is -2.39. The molecule has 2 nitrogen and oxygen atoms in total. The third-order valence-electron chi connectivity index (χ3n) is 4.36. The van der Waals surface area contributed by atoms with Gasteiger partial charge in [-0.25, -0.2) is 0 Å². The molecule has 2 heteroatoms. The van der Waals surface area contributed by atoms with Crippen LogP contribution in [0.5, 0.6) is 0 Å². The molecule has 0 aliphatic heterocycles. The van der Waals surface area contributed by atoms with Crippen LogP contribution in [0.25, 0.3) is 0 Å². The van der Waals surface area contributed by atoms with E-state index in [2.05, 4.69) is 33.0 Å². The van der Waals surface area contributed by atoms with Crippen LogP contribution < -0.4 is 5.32 Å². The first-order chi connectivity index (χ1) is 9.47. The first kappa shape index (κ1) is 18.0. The Bertz CT molecular complexity index is 238. The maximum absolute atomic E-state index is 6.38. The zero-order valence-corrected chi connectivity index (χ0v) is 14.4. The molecule has 1 aliphatic rings. The van der Waals surface area contributed by atoms with Gasteiger partial charge in [0.25, 0.3) is 0 Å². The zero-order valence-electron chi connectivity index (χ0n) is 14.4. The van der Waals surface area contributed by atoms with Gasteiger partial charge in [-0.1, -0.05) is 51.9 Å². The molecule has 0 amide bonds. The van der Waals surface area contributed by atoms with E-state index in [0.29, 0.717) is 0 Å². The van der Waals surface area contributed by atoms with Crippen LogP contribution >= 0.6 is 0 Å². The normalized spacial score (nSPS) is 19.2. The van der Waals surface area contributed by atoms with E-state index in [1.54, 1.807) is 0 Å². The number of unbranched alkanes of at least 4 members (excludes halogenated alkanes) is 4. The van der Waals surface area contributed by atoms with Crippen LogP contribution in [-0.4, -0.2) is 24.3 Å². The van der Waals surface area contributed by atoms with Gasteiger partial charge in [0.15, 0.2) is 0 Å². The Morgan fingerprint density at radius 2 is 1.60 bits per heavy atom. The van der Waals surface area contributed by atoms with Gasteiger partial charge in [0, 0.05) is 18.7 Å². The Kier molecular flexibility index (Phi) is 8.13. The molecule has 0 aromatic heterocycles. The molecule has 1 aliphatic carbocycles. The van der Waals surface area contributed by atoms with Gasteiger partial charge in [0.05, 0.1) is 5.60 Å². The molecule has 20 heavy (non-hydrogen) atoms. The van der Waals surface area contributed by atoms with Crippen LogP contribution in [-0.2, 0) is 4.74 Å². The van der Waals surface area contributed by atoms with E-state index in [4.69, 9.17) is 4.74 Å². The van der Waals surface area contributed by atoms with Gasteiger partial charge in [0.1, 0.15) is 0 Å². The Hall–Kier alpha value is -0.0800. The Morgan fingerprint density at radius 3 is 2.20 bits per heavy atom. The SMILES string of the molecule is CCCCCCCOC1(CNC(C)(C)C)CCCCC1. The minimum Gasteiger partial charge on any atom is -0.374 e. The summed E-state index contributed by atoms with van der Waals surface area (Å²) in [6.07, 6.45) is 13.2. The number of rotatable bonds is 9. The minimum absolute atomic E-state index is 0.121. The molecular weight excluding hydrogens is 246 g/mol. The summed E-state index contributed by atoms with van der Waals surface area (Å²) in [5.41, 5.74) is 0.311. The molecule has 1 fully saturated rings. The smallest absolute Gasteiger partial charge is 0.0806 e. The number of hydrogen-bond acceptors (Lipinski definition) is 2. The van der Waals surface area contributed by atoms with Crippen LogP contribution in [0.4, 0.5) is 0 Å². The summed E-state index contributed by atoms with van der Waals surface area (Å²) in [5.74, 6) is 0. The molecule has 120 valence electrons. The highest BCUT2D eigenvalue weighted by Gasteiger charge is 2.33. The van der Waals surface area contributed by atoms with Crippen LogP contribution in [0.2, 0.25) is 0 Å². The second-order valence-electron chi connectivity index (χ2n) is 7.61. The van der Waals surface area contributed by atoms with E-state index in [9.17, 15) is 0 Å². The summed E-state index contributed by atoms with van der Waals surface area (Å²) in [7, 11) is 0. The van der Waals surface area contributed by atoms with Crippen molar-refractivity contribution in [2.75, 3.05) is 13.2 Å². The lowest BCUT2D eigenvalue weighted by molar-refractivity contribution is -0.0725. The predicted octanol–water partition coefficient (Wildman–Crippen LogP) is 5.06. The summed E-state index contributed by atoms with van der Waals surface area (Å²) in [6.45, 7) is 11.0. The number of ether oxygens (including phenoxy) is 1. The van der Waals surface area contributed by atoms with Gasteiger partial charge in [-0.3, -0.25) is 0 Å². The second kappa shape index (κ2) is 9.04. The summed E-state index contributed by atoms with van der Waals surface area (Å²) >= 11 is 0. The maximum atomic E-state index is 6.38. The molecule has 0 radical (unpaired) electrons. The number of nitrogens with one attached hydrogen (secondary N) is 1. The van der Waals surface area contributed by atoms with Crippen molar-refractivity contribution in [3.05, 3.63) is 0 Å². The monoisotopic (exact) mass is 283 g/mol. The molecular formula is C18H37NO. The van der Waals surface area contributed by atoms with E-state index >= 15 is 0 Å². The van der Waals surface area contributed by atoms with Gasteiger partial charge < -0.3 is 10.1 Å². The molecule has 0 spiro atoms. The van der Waals surface area contributed by atoms with Crippen LogP contribution in [0, 0.1) is 0 Å². The van der Waals surface area contributed by atoms with Crippen molar-refractivity contribution in [3.8, 4) is 0 Å². The van der Waals surface area contributed by atoms with Crippen molar-refractivity contribution in [1.29, 1.82) is 0 Å². The molecule has 0 unspecified atom stereocenters. The summed E-state index contributed by atoms with van der Waals surface area (Å²) < 4.78 is 6.38. The van der Waals surface area contributed by atoms with Crippen LogP contribution in [0.1, 0.15) is 91.9 Å². The van der Waals surface area contributed by atoms with Crippen molar-refractivity contribution in [1.82, 2.24) is 5.32 Å². The molecule has 0 heterocycles. The van der Waals surface area contributed by atoms with Crippen molar-refractivity contribution < 1.29 is 4.74 Å². The lowest BCUT2D eigenvalue weighted by atomic mass is 9.84. The Morgan fingerprint density at radius 1 is 0.950 bits per heavy atom. The maximum Gasteiger partial charge on any atom is 0.0806 e. The number of hydrogen-bond donors (Lipinski definition) is 1. The van der Waals surface area contributed by atoms with Crippen molar-refractivity contribution in [2.24, 2.45) is 0 Å². The largest absolute Gasteiger partial charge is 0.374 e. The summed E-state index contributed by atoms with van der Waals surface area (Å²) in [4.78, 5) is 0. The second-order valence-corrected chi connectivity index (χ2v) is 7.61. The molecule has 0 bridgehead atoms. The summed E-state index contributed by atoms with van der Waals surface area (Å²) in [5, 5.41) is 3.67. The molecule has 1 rings (SSSR count). The quantitative estimate of drug-likeness (QED) is 0.597. The highest BCUT2D eigenvalue weighted by Crippen LogP contribution is 2.32. The lowest BCUT2D eigenvalue weighted by Crippen LogP contribution is -2.50. The molecule has 1 saturated carbocycles. The van der Waals surface area contributed by atoms with E-state index in [1.165, 1.54) is 64.2 Å². The third kappa shape index (κ3) is 7.64. The van der Waals surface area contributed by atoms with Gasteiger partial charge in [-0.05, 0) is 40.0 Å². The van der Waals surface area contributed by atoms with E-state index in [1.807, 2.05) is 0 Å². The van der Waals surface area contributed by atoms with Crippen molar-refractivity contribution in [3.63, 3.8) is 0 Å². The fourth-order valence-corrected chi connectivity index (χ4v) is 2.99. The average molecular weight is 284 g/mol. The molecule has 0 aromatic carbocycles. The van der Waals surface area contributed by atoms with Crippen molar-refractivity contribution in [2.45, 2.75) is 103 Å². The highest BCUT2D eigenvalue weighted by molar-refractivity contribution is 4.89. The zero-order chi connectivity index (χ0) is 14.9. The third-order valence-corrected chi connectivity index (χ3v) is 4.36. The molecule has 1 N–H and O–H groups in total. The molecule has 0 saturated heterocycles. The fraction of sp³-hybridized carbons (Fsp3) is 1.00. The van der Waals surface area contributed by atoms with Gasteiger partial charge >= 0.3 is 0 Å². The van der Waals surface area contributed by atoms with E-state index in [-0.39, 0.29) is 11.1 Å². The molecule has 0 atom stereocenters. The summed E-state index contributed by atoms with van der Waals surface area (Å²) in [6, 6.07) is 0. The van der Waals surface area contributed by atoms with Crippen molar-refractivity contribution >= 4 is 0 Å². The first-order valence-corrected chi connectivity index (χ1v) is 8.86.